The Balaban J connectivity index is 1.78. The molecule has 1 fully saturated rings. The highest BCUT2D eigenvalue weighted by Gasteiger charge is 2.18. The summed E-state index contributed by atoms with van der Waals surface area (Å²) in [7, 11) is 0. The molecule has 4 heteroatoms. The lowest BCUT2D eigenvalue weighted by Crippen LogP contribution is -2.35. The molecule has 0 amide bonds. The second kappa shape index (κ2) is 5.37. The number of ether oxygens (including phenoxy) is 2. The zero-order valence-electron chi connectivity index (χ0n) is 10.4. The molecule has 2 aliphatic rings. The molecule has 2 aliphatic heterocycles. The van der Waals surface area contributed by atoms with Crippen molar-refractivity contribution in [1.29, 1.82) is 0 Å². The first-order valence-electron chi connectivity index (χ1n) is 6.64. The van der Waals surface area contributed by atoms with E-state index in [1.54, 1.807) is 0 Å². The molecule has 1 aromatic rings. The van der Waals surface area contributed by atoms with E-state index >= 15 is 0 Å². The average molecular weight is 268 g/mol. The third-order valence-corrected chi connectivity index (χ3v) is 3.94. The molecule has 1 N–H and O–H groups in total. The maximum atomic E-state index is 6.32. The van der Waals surface area contributed by atoms with E-state index < -0.39 is 0 Å². The molecule has 1 unspecified atom stereocenters. The Morgan fingerprint density at radius 3 is 2.67 bits per heavy atom. The first-order chi connectivity index (χ1) is 8.83. The molecule has 1 atom stereocenters. The predicted molar refractivity (Wildman–Crippen MR) is 71.8 cm³/mol. The lowest BCUT2D eigenvalue weighted by molar-refractivity contribution is 0.171. The van der Waals surface area contributed by atoms with Crippen LogP contribution in [-0.4, -0.2) is 25.8 Å². The number of nitrogens with one attached hydrogen (secondary N) is 1. The molecule has 3 rings (SSSR count). The zero-order chi connectivity index (χ0) is 12.4. The van der Waals surface area contributed by atoms with Gasteiger partial charge in [-0.25, -0.2) is 0 Å². The van der Waals surface area contributed by atoms with Crippen LogP contribution in [-0.2, 0) is 6.42 Å². The summed E-state index contributed by atoms with van der Waals surface area (Å²) >= 11 is 6.32. The highest BCUT2D eigenvalue weighted by Crippen LogP contribution is 2.36. The average Bonchev–Trinajstić information content (AvgIpc) is 2.41. The molecule has 0 bridgehead atoms. The topological polar surface area (TPSA) is 30.5 Å². The van der Waals surface area contributed by atoms with E-state index in [2.05, 4.69) is 5.32 Å². The Hall–Kier alpha value is -0.930. The van der Waals surface area contributed by atoms with Gasteiger partial charge in [-0.15, -0.1) is 0 Å². The summed E-state index contributed by atoms with van der Waals surface area (Å²) in [6, 6.07) is 4.46. The molecule has 2 heterocycles. The number of piperidine rings is 1. The number of benzene rings is 1. The summed E-state index contributed by atoms with van der Waals surface area (Å²) in [5.74, 6) is 1.60. The Morgan fingerprint density at radius 2 is 1.94 bits per heavy atom. The fourth-order valence-electron chi connectivity index (χ4n) is 2.63. The Bertz CT molecular complexity index is 430. The van der Waals surface area contributed by atoms with Crippen molar-refractivity contribution in [2.45, 2.75) is 31.7 Å². The van der Waals surface area contributed by atoms with E-state index in [9.17, 15) is 0 Å². The van der Waals surface area contributed by atoms with Crippen molar-refractivity contribution in [3.05, 3.63) is 22.7 Å². The number of rotatable bonds is 2. The maximum absolute atomic E-state index is 6.32. The lowest BCUT2D eigenvalue weighted by atomic mass is 9.97. The van der Waals surface area contributed by atoms with Gasteiger partial charge in [-0.05, 0) is 37.4 Å². The molecule has 1 saturated heterocycles. The number of halogens is 1. The van der Waals surface area contributed by atoms with Crippen molar-refractivity contribution in [1.82, 2.24) is 5.32 Å². The van der Waals surface area contributed by atoms with Crippen LogP contribution < -0.4 is 14.8 Å². The minimum absolute atomic E-state index is 0.541. The summed E-state index contributed by atoms with van der Waals surface area (Å²) in [4.78, 5) is 0. The summed E-state index contributed by atoms with van der Waals surface area (Å²) in [5, 5.41) is 4.33. The molecule has 98 valence electrons. The highest BCUT2D eigenvalue weighted by atomic mass is 35.5. The van der Waals surface area contributed by atoms with Crippen LogP contribution in [0.5, 0.6) is 11.5 Å². The molecule has 0 radical (unpaired) electrons. The summed E-state index contributed by atoms with van der Waals surface area (Å²) < 4.78 is 11.1. The minimum Gasteiger partial charge on any atom is -0.486 e. The van der Waals surface area contributed by atoms with E-state index in [1.807, 2.05) is 12.1 Å². The first-order valence-corrected chi connectivity index (χ1v) is 7.02. The van der Waals surface area contributed by atoms with Crippen LogP contribution in [0, 0.1) is 0 Å². The summed E-state index contributed by atoms with van der Waals surface area (Å²) in [6.07, 6.45) is 4.78. The molecule has 0 aromatic heterocycles. The van der Waals surface area contributed by atoms with Gasteiger partial charge in [0, 0.05) is 17.1 Å². The quantitative estimate of drug-likeness (QED) is 0.894. The van der Waals surface area contributed by atoms with Gasteiger partial charge in [-0.1, -0.05) is 18.0 Å². The highest BCUT2D eigenvalue weighted by molar-refractivity contribution is 6.31. The molecule has 0 saturated carbocycles. The maximum Gasteiger partial charge on any atom is 0.162 e. The molecule has 1 aromatic carbocycles. The minimum atomic E-state index is 0.541. The van der Waals surface area contributed by atoms with E-state index in [0.29, 0.717) is 19.3 Å². The number of hydrogen-bond acceptors (Lipinski definition) is 3. The van der Waals surface area contributed by atoms with Crippen LogP contribution in [0.4, 0.5) is 0 Å². The largest absolute Gasteiger partial charge is 0.486 e. The Kier molecular flexibility index (Phi) is 3.62. The van der Waals surface area contributed by atoms with Crippen LogP contribution in [0.2, 0.25) is 5.02 Å². The second-order valence-electron chi connectivity index (χ2n) is 4.94. The van der Waals surface area contributed by atoms with E-state index in [-0.39, 0.29) is 0 Å². The van der Waals surface area contributed by atoms with Crippen LogP contribution in [0.15, 0.2) is 12.1 Å². The van der Waals surface area contributed by atoms with Crippen LogP contribution in [0.3, 0.4) is 0 Å². The van der Waals surface area contributed by atoms with Gasteiger partial charge < -0.3 is 14.8 Å². The number of fused-ring (bicyclic) bond motifs is 1. The van der Waals surface area contributed by atoms with E-state index in [0.717, 1.165) is 35.1 Å². The first kappa shape index (κ1) is 12.1. The van der Waals surface area contributed by atoms with Gasteiger partial charge in [0.1, 0.15) is 13.2 Å². The fraction of sp³-hybridized carbons (Fsp3) is 0.571. The van der Waals surface area contributed by atoms with Crippen molar-refractivity contribution in [3.63, 3.8) is 0 Å². The third-order valence-electron chi connectivity index (χ3n) is 3.59. The van der Waals surface area contributed by atoms with Gasteiger partial charge in [0.15, 0.2) is 11.5 Å². The monoisotopic (exact) mass is 267 g/mol. The fourth-order valence-corrected chi connectivity index (χ4v) is 2.86. The van der Waals surface area contributed by atoms with Crippen LogP contribution in [0.25, 0.3) is 0 Å². The third kappa shape index (κ3) is 2.57. The zero-order valence-corrected chi connectivity index (χ0v) is 11.1. The van der Waals surface area contributed by atoms with Crippen LogP contribution in [0.1, 0.15) is 24.8 Å². The molecule has 3 nitrogen and oxygen atoms in total. The Morgan fingerprint density at radius 1 is 1.17 bits per heavy atom. The molecule has 0 spiro atoms. The van der Waals surface area contributed by atoms with Crippen molar-refractivity contribution < 1.29 is 9.47 Å². The standard InChI is InChI=1S/C14H18ClNO2/c15-12-9-14-13(17-5-6-18-14)8-10(12)7-11-3-1-2-4-16-11/h8-9,11,16H,1-7H2. The molecule has 0 aliphatic carbocycles. The normalized spacial score (nSPS) is 22.8. The van der Waals surface area contributed by atoms with Crippen molar-refractivity contribution in [3.8, 4) is 11.5 Å². The molecule has 18 heavy (non-hydrogen) atoms. The van der Waals surface area contributed by atoms with Crippen LogP contribution >= 0.6 is 11.6 Å². The smallest absolute Gasteiger partial charge is 0.162 e. The van der Waals surface area contributed by atoms with Gasteiger partial charge in [0.2, 0.25) is 0 Å². The van der Waals surface area contributed by atoms with Gasteiger partial charge >= 0.3 is 0 Å². The van der Waals surface area contributed by atoms with Crippen molar-refractivity contribution in [2.75, 3.05) is 19.8 Å². The van der Waals surface area contributed by atoms with Crippen molar-refractivity contribution in [2.24, 2.45) is 0 Å². The SMILES string of the molecule is Clc1cc2c(cc1CC1CCCCN1)OCCO2. The molecular formula is C14H18ClNO2. The lowest BCUT2D eigenvalue weighted by Gasteiger charge is -2.25. The van der Waals surface area contributed by atoms with Gasteiger partial charge in [0.25, 0.3) is 0 Å². The predicted octanol–water partition coefficient (Wildman–Crippen LogP) is 2.80. The van der Waals surface area contributed by atoms with E-state index in [1.165, 1.54) is 19.3 Å². The van der Waals surface area contributed by atoms with E-state index in [4.69, 9.17) is 21.1 Å². The van der Waals surface area contributed by atoms with Gasteiger partial charge in [-0.2, -0.15) is 0 Å². The molecular weight excluding hydrogens is 250 g/mol. The second-order valence-corrected chi connectivity index (χ2v) is 5.35. The summed E-state index contributed by atoms with van der Waals surface area (Å²) in [5.41, 5.74) is 1.15. The number of hydrogen-bond donors (Lipinski definition) is 1. The Labute approximate surface area is 112 Å². The van der Waals surface area contributed by atoms with Crippen molar-refractivity contribution >= 4 is 11.6 Å². The van der Waals surface area contributed by atoms with Gasteiger partial charge in [0.05, 0.1) is 0 Å². The van der Waals surface area contributed by atoms with Gasteiger partial charge in [-0.3, -0.25) is 0 Å². The summed E-state index contributed by atoms with van der Waals surface area (Å²) in [6.45, 7) is 2.34.